The summed E-state index contributed by atoms with van der Waals surface area (Å²) in [5, 5.41) is 5.93. The molecule has 1 aliphatic carbocycles. The first kappa shape index (κ1) is 13.2. The molecule has 0 radical (unpaired) electrons. The molecule has 2 heterocycles. The number of hydrogen-bond donors (Lipinski definition) is 1. The lowest BCUT2D eigenvalue weighted by Crippen LogP contribution is -2.40. The Morgan fingerprint density at radius 1 is 1.60 bits per heavy atom. The van der Waals surface area contributed by atoms with Crippen LogP contribution in [0.4, 0.5) is 4.79 Å². The van der Waals surface area contributed by atoms with Crippen molar-refractivity contribution in [3.63, 3.8) is 0 Å². The van der Waals surface area contributed by atoms with E-state index in [1.165, 1.54) is 0 Å². The fourth-order valence-corrected chi connectivity index (χ4v) is 2.69. The lowest BCUT2D eigenvalue weighted by Gasteiger charge is -2.21. The highest BCUT2D eigenvalue weighted by Gasteiger charge is 2.33. The zero-order valence-electron chi connectivity index (χ0n) is 11.3. The Kier molecular flexibility index (Phi) is 3.73. The van der Waals surface area contributed by atoms with Crippen LogP contribution in [-0.4, -0.2) is 22.0 Å². The molecule has 0 saturated heterocycles. The number of nitrogens with one attached hydrogen (secondary N) is 1. The Hall–Kier alpha value is -1.82. The standard InChI is InChI=1S/C14H17N3O2S/c1-10-16-11(9-20-10)7-15-14(18)17(12-4-5-12)8-13-3-2-6-19-13/h2-3,6,9,12H,4-5,7-8H2,1H3,(H,15,18). The second-order valence-corrected chi connectivity index (χ2v) is 6.02. The SMILES string of the molecule is Cc1nc(CNC(=O)N(Cc2ccco2)C2CC2)cs1. The Morgan fingerprint density at radius 3 is 3.05 bits per heavy atom. The molecule has 20 heavy (non-hydrogen) atoms. The van der Waals surface area contributed by atoms with Crippen molar-refractivity contribution in [3.05, 3.63) is 40.2 Å². The maximum absolute atomic E-state index is 12.3. The summed E-state index contributed by atoms with van der Waals surface area (Å²) in [6, 6.07) is 4.04. The van der Waals surface area contributed by atoms with Gasteiger partial charge in [0.1, 0.15) is 5.76 Å². The summed E-state index contributed by atoms with van der Waals surface area (Å²) in [5.41, 5.74) is 0.912. The highest BCUT2D eigenvalue weighted by Crippen LogP contribution is 2.28. The largest absolute Gasteiger partial charge is 0.467 e. The Bertz CT molecular complexity index is 575. The molecule has 1 saturated carbocycles. The predicted molar refractivity (Wildman–Crippen MR) is 76.4 cm³/mol. The van der Waals surface area contributed by atoms with Crippen molar-refractivity contribution in [1.82, 2.24) is 15.2 Å². The van der Waals surface area contributed by atoms with Crippen molar-refractivity contribution < 1.29 is 9.21 Å². The molecule has 2 aromatic heterocycles. The molecule has 0 bridgehead atoms. The third kappa shape index (κ3) is 3.19. The number of hydrogen-bond acceptors (Lipinski definition) is 4. The molecule has 3 rings (SSSR count). The second-order valence-electron chi connectivity index (χ2n) is 4.96. The zero-order chi connectivity index (χ0) is 13.9. The molecule has 5 nitrogen and oxygen atoms in total. The van der Waals surface area contributed by atoms with Gasteiger partial charge in [-0.2, -0.15) is 0 Å². The van der Waals surface area contributed by atoms with Crippen LogP contribution in [0, 0.1) is 6.92 Å². The summed E-state index contributed by atoms with van der Waals surface area (Å²) < 4.78 is 5.33. The maximum Gasteiger partial charge on any atom is 0.318 e. The van der Waals surface area contributed by atoms with E-state index in [9.17, 15) is 4.79 Å². The van der Waals surface area contributed by atoms with Crippen LogP contribution in [0.5, 0.6) is 0 Å². The van der Waals surface area contributed by atoms with Gasteiger partial charge in [0, 0.05) is 11.4 Å². The summed E-state index contributed by atoms with van der Waals surface area (Å²) in [6.07, 6.45) is 3.78. The molecule has 106 valence electrons. The molecule has 2 amide bonds. The fraction of sp³-hybridized carbons (Fsp3) is 0.429. The van der Waals surface area contributed by atoms with Crippen LogP contribution >= 0.6 is 11.3 Å². The molecule has 6 heteroatoms. The van der Waals surface area contributed by atoms with E-state index in [-0.39, 0.29) is 6.03 Å². The summed E-state index contributed by atoms with van der Waals surface area (Å²) in [5.74, 6) is 0.816. The molecule has 0 aromatic carbocycles. The lowest BCUT2D eigenvalue weighted by atomic mass is 10.4. The summed E-state index contributed by atoms with van der Waals surface area (Å²) >= 11 is 1.60. The highest BCUT2D eigenvalue weighted by atomic mass is 32.1. The minimum Gasteiger partial charge on any atom is -0.467 e. The fourth-order valence-electron chi connectivity index (χ4n) is 2.08. The van der Waals surface area contributed by atoms with Crippen LogP contribution in [0.25, 0.3) is 0 Å². The second kappa shape index (κ2) is 5.66. The normalized spacial score (nSPS) is 14.2. The molecular formula is C14H17N3O2S. The minimum absolute atomic E-state index is 0.0467. The lowest BCUT2D eigenvalue weighted by molar-refractivity contribution is 0.186. The number of aromatic nitrogens is 1. The Morgan fingerprint density at radius 2 is 2.45 bits per heavy atom. The maximum atomic E-state index is 12.3. The quantitative estimate of drug-likeness (QED) is 0.921. The Labute approximate surface area is 121 Å². The number of furan rings is 1. The van der Waals surface area contributed by atoms with E-state index in [1.54, 1.807) is 17.6 Å². The number of aryl methyl sites for hydroxylation is 1. The summed E-state index contributed by atoms with van der Waals surface area (Å²) in [6.45, 7) is 2.97. The van der Waals surface area contributed by atoms with Gasteiger partial charge in [-0.05, 0) is 31.9 Å². The van der Waals surface area contributed by atoms with Crippen molar-refractivity contribution in [2.75, 3.05) is 0 Å². The molecule has 0 aliphatic heterocycles. The zero-order valence-corrected chi connectivity index (χ0v) is 12.2. The number of rotatable bonds is 5. The van der Waals surface area contributed by atoms with Gasteiger partial charge in [-0.15, -0.1) is 11.3 Å². The molecule has 1 fully saturated rings. The number of amides is 2. The van der Waals surface area contributed by atoms with E-state index >= 15 is 0 Å². The van der Waals surface area contributed by atoms with Gasteiger partial charge in [-0.3, -0.25) is 0 Å². The third-order valence-electron chi connectivity index (χ3n) is 3.24. The molecule has 0 unspecified atom stereocenters. The van der Waals surface area contributed by atoms with Gasteiger partial charge >= 0.3 is 6.03 Å². The summed E-state index contributed by atoms with van der Waals surface area (Å²) in [4.78, 5) is 18.5. The highest BCUT2D eigenvalue weighted by molar-refractivity contribution is 7.09. The van der Waals surface area contributed by atoms with E-state index in [4.69, 9.17) is 4.42 Å². The van der Waals surface area contributed by atoms with E-state index < -0.39 is 0 Å². The van der Waals surface area contributed by atoms with E-state index in [2.05, 4.69) is 10.3 Å². The van der Waals surface area contributed by atoms with Gasteiger partial charge in [0.2, 0.25) is 0 Å². The van der Waals surface area contributed by atoms with Crippen LogP contribution < -0.4 is 5.32 Å². The van der Waals surface area contributed by atoms with Gasteiger partial charge in [0.25, 0.3) is 0 Å². The number of thiazole rings is 1. The van der Waals surface area contributed by atoms with Crippen molar-refractivity contribution in [1.29, 1.82) is 0 Å². The van der Waals surface area contributed by atoms with Gasteiger partial charge < -0.3 is 14.6 Å². The molecule has 1 N–H and O–H groups in total. The number of nitrogens with zero attached hydrogens (tertiary/aromatic N) is 2. The number of urea groups is 1. The van der Waals surface area contributed by atoms with Crippen LogP contribution in [0.3, 0.4) is 0 Å². The van der Waals surface area contributed by atoms with Crippen molar-refractivity contribution in [2.24, 2.45) is 0 Å². The van der Waals surface area contributed by atoms with Crippen LogP contribution in [0.2, 0.25) is 0 Å². The average Bonchev–Trinajstić information content (AvgIpc) is 2.97. The van der Waals surface area contributed by atoms with Crippen molar-refractivity contribution >= 4 is 17.4 Å². The number of carbonyl (C=O) groups is 1. The minimum atomic E-state index is -0.0467. The molecule has 2 aromatic rings. The first-order chi connectivity index (χ1) is 9.72. The van der Waals surface area contributed by atoms with Gasteiger partial charge in [0.15, 0.2) is 0 Å². The van der Waals surface area contributed by atoms with E-state index in [0.717, 1.165) is 29.3 Å². The van der Waals surface area contributed by atoms with Gasteiger partial charge in [-0.25, -0.2) is 9.78 Å². The van der Waals surface area contributed by atoms with E-state index in [0.29, 0.717) is 19.1 Å². The van der Waals surface area contributed by atoms with E-state index in [1.807, 2.05) is 29.3 Å². The molecular weight excluding hydrogens is 274 g/mol. The molecule has 0 spiro atoms. The smallest absolute Gasteiger partial charge is 0.318 e. The van der Waals surface area contributed by atoms with Crippen LogP contribution in [0.15, 0.2) is 28.2 Å². The monoisotopic (exact) mass is 291 g/mol. The van der Waals surface area contributed by atoms with Crippen LogP contribution in [0.1, 0.15) is 29.3 Å². The molecule has 1 aliphatic rings. The predicted octanol–water partition coefficient (Wildman–Crippen LogP) is 2.92. The first-order valence-electron chi connectivity index (χ1n) is 6.70. The van der Waals surface area contributed by atoms with Gasteiger partial charge in [-0.1, -0.05) is 0 Å². The van der Waals surface area contributed by atoms with Gasteiger partial charge in [0.05, 0.1) is 30.1 Å². The average molecular weight is 291 g/mol. The number of carbonyl (C=O) groups excluding carboxylic acids is 1. The topological polar surface area (TPSA) is 58.4 Å². The third-order valence-corrected chi connectivity index (χ3v) is 4.06. The molecule has 0 atom stereocenters. The first-order valence-corrected chi connectivity index (χ1v) is 7.58. The van der Waals surface area contributed by atoms with Crippen LogP contribution in [-0.2, 0) is 13.1 Å². The summed E-state index contributed by atoms with van der Waals surface area (Å²) in [7, 11) is 0. The Balaban J connectivity index is 1.58. The van der Waals surface area contributed by atoms with Crippen molar-refractivity contribution in [2.45, 2.75) is 38.9 Å². The van der Waals surface area contributed by atoms with Crippen molar-refractivity contribution in [3.8, 4) is 0 Å².